The van der Waals surface area contributed by atoms with Gasteiger partial charge in [0.2, 0.25) is 0 Å². The van der Waals surface area contributed by atoms with Crippen LogP contribution in [0.2, 0.25) is 0 Å². The van der Waals surface area contributed by atoms with E-state index in [0.717, 1.165) is 6.42 Å². The Morgan fingerprint density at radius 3 is 2.38 bits per heavy atom. The molecule has 0 aromatic heterocycles. The zero-order chi connectivity index (χ0) is 18.8. The van der Waals surface area contributed by atoms with E-state index in [1.807, 2.05) is 0 Å². The molecular formula is C21H30NO3P. The van der Waals surface area contributed by atoms with Crippen LogP contribution in [0.5, 0.6) is 0 Å². The lowest BCUT2D eigenvalue weighted by molar-refractivity contribution is 0.371. The van der Waals surface area contributed by atoms with Gasteiger partial charge in [-0.05, 0) is 48.1 Å². The van der Waals surface area contributed by atoms with Crippen molar-refractivity contribution in [2.45, 2.75) is 45.6 Å². The van der Waals surface area contributed by atoms with Crippen molar-refractivity contribution >= 4 is 7.60 Å². The van der Waals surface area contributed by atoms with Gasteiger partial charge in [-0.2, -0.15) is 0 Å². The molecule has 4 nitrogen and oxygen atoms in total. The number of aryl methyl sites for hydroxylation is 1. The van der Waals surface area contributed by atoms with Gasteiger partial charge in [0, 0.05) is 6.54 Å². The predicted molar refractivity (Wildman–Crippen MR) is 108 cm³/mol. The number of hydrogen-bond donors (Lipinski definition) is 3. The van der Waals surface area contributed by atoms with Gasteiger partial charge in [0.1, 0.15) is 0 Å². The fourth-order valence-electron chi connectivity index (χ4n) is 2.94. The molecule has 2 aromatic carbocycles. The summed E-state index contributed by atoms with van der Waals surface area (Å²) in [6.45, 7) is 3.54. The molecule has 0 atom stereocenters. The number of hydrogen-bond acceptors (Lipinski definition) is 2. The van der Waals surface area contributed by atoms with E-state index >= 15 is 0 Å². The summed E-state index contributed by atoms with van der Waals surface area (Å²) < 4.78 is 10.8. The molecular weight excluding hydrogens is 345 g/mol. The summed E-state index contributed by atoms with van der Waals surface area (Å²) in [5.74, 6) is 0. The molecule has 0 spiro atoms. The summed E-state index contributed by atoms with van der Waals surface area (Å²) in [5.41, 5.74) is 5.03. The molecule has 3 N–H and O–H groups in total. The van der Waals surface area contributed by atoms with Crippen molar-refractivity contribution in [3.8, 4) is 11.1 Å². The van der Waals surface area contributed by atoms with Crippen molar-refractivity contribution < 1.29 is 14.4 Å². The van der Waals surface area contributed by atoms with Gasteiger partial charge in [0.25, 0.3) is 0 Å². The van der Waals surface area contributed by atoms with Crippen molar-refractivity contribution in [1.82, 2.24) is 5.32 Å². The quantitative estimate of drug-likeness (QED) is 0.392. The summed E-state index contributed by atoms with van der Waals surface area (Å²) in [4.78, 5) is 17.7. The minimum atomic E-state index is -3.87. The van der Waals surface area contributed by atoms with Gasteiger partial charge < -0.3 is 15.1 Å². The van der Waals surface area contributed by atoms with Crippen LogP contribution in [0.1, 0.15) is 43.7 Å². The molecule has 0 saturated heterocycles. The Morgan fingerprint density at radius 1 is 0.923 bits per heavy atom. The predicted octanol–water partition coefficient (Wildman–Crippen LogP) is 4.74. The SMILES string of the molecule is CCCCCc1cccc(-c2ccc(CNCCCP(=O)(O)O)cc2)c1. The Labute approximate surface area is 156 Å². The first-order valence-electron chi connectivity index (χ1n) is 9.41. The lowest BCUT2D eigenvalue weighted by atomic mass is 9.99. The Hall–Kier alpha value is -1.45. The van der Waals surface area contributed by atoms with Gasteiger partial charge in [0.05, 0.1) is 6.16 Å². The second-order valence-corrected chi connectivity index (χ2v) is 8.55. The van der Waals surface area contributed by atoms with Crippen molar-refractivity contribution in [2.75, 3.05) is 12.7 Å². The standard InChI is InChI=1S/C21H30NO3P/c1-2-3-4-7-18-8-5-9-21(16-18)20-12-10-19(11-13-20)17-22-14-6-15-26(23,24)25/h5,8-13,16,22H,2-4,6-7,14-15,17H2,1H3,(H2,23,24,25). The third kappa shape index (κ3) is 7.84. The number of unbranched alkanes of at least 4 members (excludes halogenated alkanes) is 2. The van der Waals surface area contributed by atoms with Crippen molar-refractivity contribution in [3.05, 3.63) is 59.7 Å². The van der Waals surface area contributed by atoms with Crippen LogP contribution in [-0.4, -0.2) is 22.5 Å². The topological polar surface area (TPSA) is 69.6 Å². The Kier molecular flexibility index (Phi) is 8.53. The lowest BCUT2D eigenvalue weighted by Crippen LogP contribution is -2.15. The first-order chi connectivity index (χ1) is 12.5. The van der Waals surface area contributed by atoms with E-state index in [9.17, 15) is 4.57 Å². The minimum absolute atomic E-state index is 0.0620. The third-order valence-electron chi connectivity index (χ3n) is 4.42. The highest BCUT2D eigenvalue weighted by Gasteiger charge is 2.10. The molecule has 2 aromatic rings. The Bertz CT molecular complexity index is 709. The molecule has 0 fully saturated rings. The van der Waals surface area contributed by atoms with E-state index < -0.39 is 7.60 Å². The fourth-order valence-corrected chi connectivity index (χ4v) is 3.51. The maximum Gasteiger partial charge on any atom is 0.325 e. The summed E-state index contributed by atoms with van der Waals surface area (Å²) >= 11 is 0. The number of nitrogens with one attached hydrogen (secondary N) is 1. The van der Waals surface area contributed by atoms with Crippen LogP contribution in [0.15, 0.2) is 48.5 Å². The summed E-state index contributed by atoms with van der Waals surface area (Å²) in [5, 5.41) is 3.23. The average molecular weight is 375 g/mol. The molecule has 26 heavy (non-hydrogen) atoms. The van der Waals surface area contributed by atoms with Crippen molar-refractivity contribution in [1.29, 1.82) is 0 Å². The largest absolute Gasteiger partial charge is 0.325 e. The minimum Gasteiger partial charge on any atom is -0.324 e. The third-order valence-corrected chi connectivity index (χ3v) is 5.31. The molecule has 0 aliphatic carbocycles. The molecule has 0 amide bonds. The van der Waals surface area contributed by atoms with Gasteiger partial charge in [0.15, 0.2) is 0 Å². The summed E-state index contributed by atoms with van der Waals surface area (Å²) in [6, 6.07) is 17.3. The first-order valence-corrected chi connectivity index (χ1v) is 11.2. The van der Waals surface area contributed by atoms with Gasteiger partial charge in [-0.25, -0.2) is 0 Å². The van der Waals surface area contributed by atoms with E-state index in [1.54, 1.807) is 0 Å². The highest BCUT2D eigenvalue weighted by Crippen LogP contribution is 2.34. The van der Waals surface area contributed by atoms with E-state index in [1.165, 1.54) is 41.5 Å². The molecule has 5 heteroatoms. The highest BCUT2D eigenvalue weighted by atomic mass is 31.2. The van der Waals surface area contributed by atoms with Crippen LogP contribution >= 0.6 is 7.60 Å². The zero-order valence-corrected chi connectivity index (χ0v) is 16.4. The van der Waals surface area contributed by atoms with Gasteiger partial charge in [-0.1, -0.05) is 68.3 Å². The second-order valence-electron chi connectivity index (χ2n) is 6.77. The van der Waals surface area contributed by atoms with Crippen LogP contribution in [-0.2, 0) is 17.5 Å². The molecule has 0 unspecified atom stereocenters. The molecule has 2 rings (SSSR count). The summed E-state index contributed by atoms with van der Waals surface area (Å²) in [7, 11) is -3.87. The van der Waals surface area contributed by atoms with E-state index in [0.29, 0.717) is 19.5 Å². The van der Waals surface area contributed by atoms with Crippen molar-refractivity contribution in [3.63, 3.8) is 0 Å². The monoisotopic (exact) mass is 375 g/mol. The van der Waals surface area contributed by atoms with Gasteiger partial charge in [-0.3, -0.25) is 4.57 Å². The Morgan fingerprint density at radius 2 is 1.69 bits per heavy atom. The maximum atomic E-state index is 10.8. The Balaban J connectivity index is 1.85. The van der Waals surface area contributed by atoms with Crippen LogP contribution < -0.4 is 5.32 Å². The van der Waals surface area contributed by atoms with E-state index in [4.69, 9.17) is 9.79 Å². The normalized spacial score (nSPS) is 11.7. The average Bonchev–Trinajstić information content (AvgIpc) is 2.61. The molecule has 142 valence electrons. The molecule has 0 aliphatic heterocycles. The molecule has 0 saturated carbocycles. The van der Waals surface area contributed by atoms with Gasteiger partial charge in [-0.15, -0.1) is 0 Å². The second kappa shape index (κ2) is 10.6. The number of benzene rings is 2. The molecule has 0 heterocycles. The number of rotatable bonds is 11. The van der Waals surface area contributed by atoms with Crippen LogP contribution in [0.4, 0.5) is 0 Å². The van der Waals surface area contributed by atoms with Crippen LogP contribution in [0.25, 0.3) is 11.1 Å². The van der Waals surface area contributed by atoms with Crippen LogP contribution in [0, 0.1) is 0 Å². The zero-order valence-electron chi connectivity index (χ0n) is 15.5. The van der Waals surface area contributed by atoms with E-state index in [-0.39, 0.29) is 6.16 Å². The lowest BCUT2D eigenvalue weighted by Gasteiger charge is -2.08. The smallest absolute Gasteiger partial charge is 0.324 e. The highest BCUT2D eigenvalue weighted by molar-refractivity contribution is 7.51. The molecule has 0 radical (unpaired) electrons. The summed E-state index contributed by atoms with van der Waals surface area (Å²) in [6.07, 6.45) is 5.32. The van der Waals surface area contributed by atoms with E-state index in [2.05, 4.69) is 60.8 Å². The first kappa shape index (κ1) is 20.9. The van der Waals surface area contributed by atoms with Crippen LogP contribution in [0.3, 0.4) is 0 Å². The molecule has 0 aliphatic rings. The maximum absolute atomic E-state index is 10.8. The van der Waals surface area contributed by atoms with Gasteiger partial charge >= 0.3 is 7.60 Å². The van der Waals surface area contributed by atoms with Crippen molar-refractivity contribution in [2.24, 2.45) is 0 Å². The fraction of sp³-hybridized carbons (Fsp3) is 0.429. The molecule has 0 bridgehead atoms.